The van der Waals surface area contributed by atoms with Crippen LogP contribution in [0.4, 0.5) is 11.4 Å². The van der Waals surface area contributed by atoms with Crippen molar-refractivity contribution in [1.29, 1.82) is 0 Å². The van der Waals surface area contributed by atoms with Gasteiger partial charge < -0.3 is 15.6 Å². The Hall–Kier alpha value is -2.51. The number of anilines is 2. The molecule has 0 fully saturated rings. The number of aromatic nitrogens is 2. The van der Waals surface area contributed by atoms with E-state index in [1.54, 1.807) is 36.4 Å². The van der Waals surface area contributed by atoms with Gasteiger partial charge in [-0.1, -0.05) is 23.4 Å². The Balaban J connectivity index is 1.55. The van der Waals surface area contributed by atoms with E-state index in [-0.39, 0.29) is 17.6 Å². The number of imidazole rings is 1. The minimum absolute atomic E-state index is 0.139. The summed E-state index contributed by atoms with van der Waals surface area (Å²) in [6.07, 6.45) is 0. The fraction of sp³-hybridized carbons (Fsp3) is 0.118. The molecule has 1 aromatic heterocycles. The number of H-pyrrole nitrogens is 1. The second-order valence-electron chi connectivity index (χ2n) is 5.30. The highest BCUT2D eigenvalue weighted by Gasteiger charge is 2.08. The number of hydrogen-bond acceptors (Lipinski definition) is 4. The smallest absolute Gasteiger partial charge is 0.234 e. The maximum absolute atomic E-state index is 12.1. The van der Waals surface area contributed by atoms with Crippen molar-refractivity contribution in [2.45, 2.75) is 12.1 Å². The minimum atomic E-state index is -0.143. The number of thioether (sulfide) groups is 1. The fourth-order valence-electron chi connectivity index (χ4n) is 2.20. The van der Waals surface area contributed by atoms with Crippen molar-refractivity contribution in [2.75, 3.05) is 16.4 Å². The number of amides is 2. The van der Waals surface area contributed by atoms with E-state index in [0.29, 0.717) is 21.6 Å². The zero-order chi connectivity index (χ0) is 17.8. The van der Waals surface area contributed by atoms with E-state index in [2.05, 4.69) is 20.6 Å². The summed E-state index contributed by atoms with van der Waals surface area (Å²) < 4.78 is 0. The van der Waals surface area contributed by atoms with Crippen molar-refractivity contribution in [3.8, 4) is 0 Å². The first-order valence-corrected chi connectivity index (χ1v) is 8.81. The summed E-state index contributed by atoms with van der Waals surface area (Å²) in [7, 11) is 0. The summed E-state index contributed by atoms with van der Waals surface area (Å²) in [5.41, 5.74) is 2.99. The van der Waals surface area contributed by atoms with Crippen molar-refractivity contribution in [2.24, 2.45) is 0 Å². The molecule has 0 saturated carbocycles. The van der Waals surface area contributed by atoms with Crippen LogP contribution in [0.5, 0.6) is 0 Å². The number of benzene rings is 2. The number of fused-ring (bicyclic) bond motifs is 1. The van der Waals surface area contributed by atoms with Crippen LogP contribution < -0.4 is 10.6 Å². The molecule has 0 unspecified atom stereocenters. The average Bonchev–Trinajstić information content (AvgIpc) is 2.96. The molecule has 3 N–H and O–H groups in total. The van der Waals surface area contributed by atoms with Gasteiger partial charge in [-0.25, -0.2) is 4.98 Å². The molecule has 0 atom stereocenters. The lowest BCUT2D eigenvalue weighted by Gasteiger charge is -2.06. The standard InChI is InChI=1S/C17H15ClN4O2S/c1-10(23)19-12-3-5-13(6-4-12)20-16(24)9-25-17-21-14-7-2-11(18)8-15(14)22-17/h2-8H,9H2,1H3,(H,19,23)(H,20,24)(H,21,22). The lowest BCUT2D eigenvalue weighted by Crippen LogP contribution is -2.14. The van der Waals surface area contributed by atoms with E-state index >= 15 is 0 Å². The molecule has 128 valence electrons. The first-order valence-electron chi connectivity index (χ1n) is 7.45. The van der Waals surface area contributed by atoms with Crippen LogP contribution in [0.15, 0.2) is 47.6 Å². The van der Waals surface area contributed by atoms with Gasteiger partial charge in [0.25, 0.3) is 0 Å². The fourth-order valence-corrected chi connectivity index (χ4v) is 3.06. The van der Waals surface area contributed by atoms with Gasteiger partial charge in [-0.15, -0.1) is 0 Å². The number of rotatable bonds is 5. The molecule has 0 spiro atoms. The predicted molar refractivity (Wildman–Crippen MR) is 101 cm³/mol. The van der Waals surface area contributed by atoms with Gasteiger partial charge in [-0.3, -0.25) is 9.59 Å². The summed E-state index contributed by atoms with van der Waals surface area (Å²) in [4.78, 5) is 30.6. The highest BCUT2D eigenvalue weighted by atomic mass is 35.5. The van der Waals surface area contributed by atoms with Crippen molar-refractivity contribution in [3.05, 3.63) is 47.5 Å². The largest absolute Gasteiger partial charge is 0.333 e. The lowest BCUT2D eigenvalue weighted by molar-refractivity contribution is -0.114. The summed E-state index contributed by atoms with van der Waals surface area (Å²) >= 11 is 7.25. The van der Waals surface area contributed by atoms with Crippen molar-refractivity contribution in [3.63, 3.8) is 0 Å². The van der Waals surface area contributed by atoms with E-state index in [1.807, 2.05) is 6.07 Å². The summed E-state index contributed by atoms with van der Waals surface area (Å²) in [6, 6.07) is 12.3. The van der Waals surface area contributed by atoms with Crippen molar-refractivity contribution < 1.29 is 9.59 Å². The van der Waals surface area contributed by atoms with Crippen LogP contribution in [-0.2, 0) is 9.59 Å². The predicted octanol–water partition coefficient (Wildman–Crippen LogP) is 3.91. The number of carbonyl (C=O) groups is 2. The van der Waals surface area contributed by atoms with Gasteiger partial charge in [0.15, 0.2) is 5.16 Å². The minimum Gasteiger partial charge on any atom is -0.333 e. The SMILES string of the molecule is CC(=O)Nc1ccc(NC(=O)CSc2nc3ccc(Cl)cc3[nH]2)cc1. The van der Waals surface area contributed by atoms with E-state index in [9.17, 15) is 9.59 Å². The molecule has 2 amide bonds. The highest BCUT2D eigenvalue weighted by Crippen LogP contribution is 2.22. The zero-order valence-corrected chi connectivity index (χ0v) is 14.9. The second-order valence-corrected chi connectivity index (χ2v) is 6.70. The first-order chi connectivity index (χ1) is 12.0. The molecule has 1 heterocycles. The van der Waals surface area contributed by atoms with Crippen LogP contribution in [0, 0.1) is 0 Å². The number of nitrogens with zero attached hydrogens (tertiary/aromatic N) is 1. The monoisotopic (exact) mass is 374 g/mol. The van der Waals surface area contributed by atoms with Gasteiger partial charge in [0.2, 0.25) is 11.8 Å². The average molecular weight is 375 g/mol. The molecule has 0 aliphatic rings. The van der Waals surface area contributed by atoms with Crippen LogP contribution >= 0.6 is 23.4 Å². The molecule has 0 radical (unpaired) electrons. The summed E-state index contributed by atoms with van der Waals surface area (Å²) in [6.45, 7) is 1.44. The molecule has 2 aromatic carbocycles. The van der Waals surface area contributed by atoms with Crippen LogP contribution in [0.25, 0.3) is 11.0 Å². The normalized spacial score (nSPS) is 10.6. The third-order valence-corrected chi connectivity index (χ3v) is 4.36. The van der Waals surface area contributed by atoms with Crippen LogP contribution in [-0.4, -0.2) is 27.5 Å². The molecule has 0 saturated heterocycles. The third kappa shape index (κ3) is 4.74. The van der Waals surface area contributed by atoms with Gasteiger partial charge in [-0.2, -0.15) is 0 Å². The highest BCUT2D eigenvalue weighted by molar-refractivity contribution is 7.99. The number of halogens is 1. The Morgan fingerprint density at radius 3 is 2.48 bits per heavy atom. The molecule has 3 rings (SSSR count). The Bertz CT molecular complexity index is 924. The molecule has 6 nitrogen and oxygen atoms in total. The van der Waals surface area contributed by atoms with E-state index in [0.717, 1.165) is 11.0 Å². The molecule has 8 heteroatoms. The zero-order valence-electron chi connectivity index (χ0n) is 13.3. The van der Waals surface area contributed by atoms with Gasteiger partial charge in [0, 0.05) is 23.3 Å². The Morgan fingerprint density at radius 1 is 1.12 bits per heavy atom. The van der Waals surface area contributed by atoms with Gasteiger partial charge in [-0.05, 0) is 42.5 Å². The Morgan fingerprint density at radius 2 is 1.80 bits per heavy atom. The maximum atomic E-state index is 12.1. The number of nitrogens with one attached hydrogen (secondary N) is 3. The van der Waals surface area contributed by atoms with E-state index < -0.39 is 0 Å². The third-order valence-electron chi connectivity index (χ3n) is 3.25. The quantitative estimate of drug-likeness (QED) is 0.591. The molecule has 3 aromatic rings. The van der Waals surface area contributed by atoms with Gasteiger partial charge in [0.1, 0.15) is 0 Å². The van der Waals surface area contributed by atoms with Crippen molar-refractivity contribution in [1.82, 2.24) is 9.97 Å². The summed E-state index contributed by atoms with van der Waals surface area (Å²) in [5, 5.41) is 6.76. The summed E-state index contributed by atoms with van der Waals surface area (Å²) in [5.74, 6) is -0.0582. The van der Waals surface area contributed by atoms with Gasteiger partial charge in [0.05, 0.1) is 16.8 Å². The molecule has 0 bridgehead atoms. The molecule has 0 aliphatic heterocycles. The number of hydrogen-bond donors (Lipinski definition) is 3. The first kappa shape index (κ1) is 17.3. The van der Waals surface area contributed by atoms with E-state index in [1.165, 1.54) is 18.7 Å². The molecule has 25 heavy (non-hydrogen) atoms. The van der Waals surface area contributed by atoms with Crippen LogP contribution in [0.2, 0.25) is 5.02 Å². The van der Waals surface area contributed by atoms with Crippen molar-refractivity contribution >= 4 is 57.6 Å². The maximum Gasteiger partial charge on any atom is 0.234 e. The topological polar surface area (TPSA) is 86.9 Å². The molecular weight excluding hydrogens is 360 g/mol. The number of aromatic amines is 1. The molecular formula is C17H15ClN4O2S. The lowest BCUT2D eigenvalue weighted by atomic mass is 10.3. The van der Waals surface area contributed by atoms with Crippen LogP contribution in [0.3, 0.4) is 0 Å². The molecule has 0 aliphatic carbocycles. The Labute approximate surface area is 153 Å². The second kappa shape index (κ2) is 7.58. The number of carbonyl (C=O) groups excluding carboxylic acids is 2. The van der Waals surface area contributed by atoms with Crippen LogP contribution in [0.1, 0.15) is 6.92 Å². The van der Waals surface area contributed by atoms with Gasteiger partial charge >= 0.3 is 0 Å². The van der Waals surface area contributed by atoms with E-state index in [4.69, 9.17) is 11.6 Å². The Kier molecular flexibility index (Phi) is 5.25.